The Morgan fingerprint density at radius 1 is 1.29 bits per heavy atom. The van der Waals surface area contributed by atoms with E-state index in [9.17, 15) is 4.79 Å². The zero-order valence-electron chi connectivity index (χ0n) is 13.2. The Labute approximate surface area is 131 Å². The molecule has 1 aromatic carbocycles. The van der Waals surface area contributed by atoms with Gasteiger partial charge in [0.05, 0.1) is 10.7 Å². The van der Waals surface area contributed by atoms with Crippen LogP contribution in [0.2, 0.25) is 0 Å². The van der Waals surface area contributed by atoms with Crippen LogP contribution in [0.1, 0.15) is 33.6 Å². The van der Waals surface area contributed by atoms with Gasteiger partial charge in [0.1, 0.15) is 5.60 Å². The summed E-state index contributed by atoms with van der Waals surface area (Å²) in [6.45, 7) is 6.14. The van der Waals surface area contributed by atoms with Gasteiger partial charge < -0.3 is 10.1 Å². The minimum Gasteiger partial charge on any atom is -0.444 e. The molecular weight excluding hydrogens is 284 g/mol. The number of para-hydroxylation sites is 1. The number of rotatable bonds is 5. The van der Waals surface area contributed by atoms with Crippen LogP contribution in [0, 0.1) is 0 Å². The van der Waals surface area contributed by atoms with Gasteiger partial charge in [-0.1, -0.05) is 18.2 Å². The van der Waals surface area contributed by atoms with Crippen molar-refractivity contribution in [3.8, 4) is 0 Å². The summed E-state index contributed by atoms with van der Waals surface area (Å²) in [6.07, 6.45) is 3.33. The van der Waals surface area contributed by atoms with Crippen molar-refractivity contribution >= 4 is 28.6 Å². The average molecular weight is 308 g/mol. The van der Waals surface area contributed by atoms with Crippen LogP contribution in [0.25, 0.3) is 0 Å². The number of thioether (sulfide) groups is 1. The molecule has 0 saturated carbocycles. The number of nitrogens with zero attached hydrogens (tertiary/aromatic N) is 1. The third-order valence-corrected chi connectivity index (χ3v) is 3.25. The molecule has 0 spiro atoms. The zero-order chi connectivity index (χ0) is 15.7. The molecule has 0 radical (unpaired) electrons. The van der Waals surface area contributed by atoms with Crippen LogP contribution in [0.15, 0.2) is 35.3 Å². The Hall–Kier alpha value is -1.49. The summed E-state index contributed by atoms with van der Waals surface area (Å²) in [7, 11) is 0. The second-order valence-electron chi connectivity index (χ2n) is 5.58. The molecule has 0 aliphatic heterocycles. The summed E-state index contributed by atoms with van der Waals surface area (Å²) in [5.41, 5.74) is 0.505. The Bertz CT molecular complexity index is 467. The van der Waals surface area contributed by atoms with E-state index in [1.54, 1.807) is 11.8 Å². The summed E-state index contributed by atoms with van der Waals surface area (Å²) in [5, 5.41) is 3.82. The molecule has 5 heteroatoms. The maximum atomic E-state index is 11.5. The van der Waals surface area contributed by atoms with Crippen molar-refractivity contribution in [2.24, 2.45) is 4.99 Å². The fraction of sp³-hybridized carbons (Fsp3) is 0.500. The molecular formula is C16H24N2O2S. The number of alkyl carbamates (subject to hydrolysis) is 1. The first kappa shape index (κ1) is 17.6. The van der Waals surface area contributed by atoms with Crippen LogP contribution in [-0.2, 0) is 4.74 Å². The van der Waals surface area contributed by atoms with Gasteiger partial charge in [-0.2, -0.15) is 0 Å². The molecule has 0 bridgehead atoms. The number of carbonyl (C=O) groups is 1. The molecule has 0 heterocycles. The summed E-state index contributed by atoms with van der Waals surface area (Å²) in [4.78, 5) is 16.1. The van der Waals surface area contributed by atoms with Gasteiger partial charge >= 0.3 is 6.09 Å². The molecule has 0 fully saturated rings. The number of ether oxygens (including phenoxy) is 1. The Morgan fingerprint density at radius 3 is 2.52 bits per heavy atom. The molecule has 0 unspecified atom stereocenters. The summed E-state index contributed by atoms with van der Waals surface area (Å²) in [5.74, 6) is 0. The van der Waals surface area contributed by atoms with Crippen molar-refractivity contribution in [2.45, 2.75) is 39.2 Å². The van der Waals surface area contributed by atoms with Crippen LogP contribution in [0.4, 0.5) is 10.5 Å². The largest absolute Gasteiger partial charge is 0.444 e. The summed E-state index contributed by atoms with van der Waals surface area (Å²) >= 11 is 1.64. The highest BCUT2D eigenvalue weighted by Crippen LogP contribution is 2.16. The predicted octanol–water partition coefficient (Wildman–Crippen LogP) is 4.38. The average Bonchev–Trinajstić information content (AvgIpc) is 2.41. The lowest BCUT2D eigenvalue weighted by Crippen LogP contribution is -2.33. The predicted molar refractivity (Wildman–Crippen MR) is 90.5 cm³/mol. The highest BCUT2D eigenvalue weighted by atomic mass is 32.2. The highest BCUT2D eigenvalue weighted by Gasteiger charge is 2.15. The normalized spacial score (nSPS) is 12.1. The van der Waals surface area contributed by atoms with Crippen LogP contribution in [0.3, 0.4) is 0 Å². The SMILES string of the molecule is CSC(CCCNC(=O)OC(C)(C)C)=Nc1ccccc1. The van der Waals surface area contributed by atoms with E-state index in [0.29, 0.717) is 6.54 Å². The van der Waals surface area contributed by atoms with E-state index in [4.69, 9.17) is 4.74 Å². The van der Waals surface area contributed by atoms with Crippen molar-refractivity contribution in [3.63, 3.8) is 0 Å². The lowest BCUT2D eigenvalue weighted by atomic mass is 10.2. The van der Waals surface area contributed by atoms with Crippen LogP contribution in [-0.4, -0.2) is 29.5 Å². The topological polar surface area (TPSA) is 50.7 Å². The molecule has 0 aromatic heterocycles. The number of aliphatic imine (C=N–C) groups is 1. The molecule has 4 nitrogen and oxygen atoms in total. The van der Waals surface area contributed by atoms with E-state index < -0.39 is 5.60 Å². The quantitative estimate of drug-likeness (QED) is 0.499. The molecule has 116 valence electrons. The monoisotopic (exact) mass is 308 g/mol. The van der Waals surface area contributed by atoms with Crippen molar-refractivity contribution in [2.75, 3.05) is 12.8 Å². The first-order valence-electron chi connectivity index (χ1n) is 7.04. The Morgan fingerprint density at radius 2 is 1.95 bits per heavy atom. The van der Waals surface area contributed by atoms with Gasteiger partial charge in [-0.15, -0.1) is 11.8 Å². The molecule has 0 saturated heterocycles. The third-order valence-electron chi connectivity index (χ3n) is 2.48. The number of benzene rings is 1. The maximum Gasteiger partial charge on any atom is 0.407 e. The van der Waals surface area contributed by atoms with Crippen molar-refractivity contribution < 1.29 is 9.53 Å². The van der Waals surface area contributed by atoms with Gasteiger partial charge in [0.25, 0.3) is 0 Å². The Balaban J connectivity index is 2.33. The molecule has 1 rings (SSSR count). The molecule has 0 atom stereocenters. The van der Waals surface area contributed by atoms with E-state index in [2.05, 4.69) is 10.3 Å². The van der Waals surface area contributed by atoms with Crippen LogP contribution in [0.5, 0.6) is 0 Å². The number of nitrogens with one attached hydrogen (secondary N) is 1. The standard InChI is InChI=1S/C16H24N2O2S/c1-16(2,3)20-15(19)17-12-8-11-14(21-4)18-13-9-6-5-7-10-13/h5-7,9-10H,8,11-12H2,1-4H3,(H,17,19). The molecule has 0 aliphatic carbocycles. The highest BCUT2D eigenvalue weighted by molar-refractivity contribution is 8.13. The number of carbonyl (C=O) groups excluding carboxylic acids is 1. The van der Waals surface area contributed by atoms with E-state index in [1.165, 1.54) is 0 Å². The van der Waals surface area contributed by atoms with Crippen LogP contribution >= 0.6 is 11.8 Å². The number of hydrogen-bond acceptors (Lipinski definition) is 4. The molecule has 1 amide bonds. The van der Waals surface area contributed by atoms with E-state index >= 15 is 0 Å². The Kier molecular flexibility index (Phi) is 7.29. The number of amides is 1. The fourth-order valence-electron chi connectivity index (χ4n) is 1.59. The lowest BCUT2D eigenvalue weighted by Gasteiger charge is -2.19. The third kappa shape index (κ3) is 8.40. The molecule has 1 N–H and O–H groups in total. The fourth-order valence-corrected chi connectivity index (χ4v) is 2.14. The van der Waals surface area contributed by atoms with Gasteiger partial charge in [-0.3, -0.25) is 0 Å². The zero-order valence-corrected chi connectivity index (χ0v) is 14.0. The van der Waals surface area contributed by atoms with E-state index in [0.717, 1.165) is 23.6 Å². The summed E-state index contributed by atoms with van der Waals surface area (Å²) in [6, 6.07) is 9.88. The van der Waals surface area contributed by atoms with Crippen molar-refractivity contribution in [1.82, 2.24) is 5.32 Å². The van der Waals surface area contributed by atoms with Crippen molar-refractivity contribution in [3.05, 3.63) is 30.3 Å². The maximum absolute atomic E-state index is 11.5. The summed E-state index contributed by atoms with van der Waals surface area (Å²) < 4.78 is 5.18. The lowest BCUT2D eigenvalue weighted by molar-refractivity contribution is 0.0527. The second kappa shape index (κ2) is 8.72. The molecule has 21 heavy (non-hydrogen) atoms. The van der Waals surface area contributed by atoms with Gasteiger partial charge in [-0.25, -0.2) is 9.79 Å². The second-order valence-corrected chi connectivity index (χ2v) is 6.46. The first-order chi connectivity index (χ1) is 9.90. The minimum absolute atomic E-state index is 0.367. The first-order valence-corrected chi connectivity index (χ1v) is 8.26. The van der Waals surface area contributed by atoms with Gasteiger partial charge in [0, 0.05) is 6.54 Å². The van der Waals surface area contributed by atoms with Gasteiger partial charge in [0.2, 0.25) is 0 Å². The van der Waals surface area contributed by atoms with Gasteiger partial charge in [-0.05, 0) is 52.0 Å². The van der Waals surface area contributed by atoms with E-state index in [-0.39, 0.29) is 6.09 Å². The van der Waals surface area contributed by atoms with Gasteiger partial charge in [0.15, 0.2) is 0 Å². The number of hydrogen-bond donors (Lipinski definition) is 1. The molecule has 0 aliphatic rings. The van der Waals surface area contributed by atoms with Crippen LogP contribution < -0.4 is 5.32 Å². The smallest absolute Gasteiger partial charge is 0.407 e. The van der Waals surface area contributed by atoms with Crippen molar-refractivity contribution in [1.29, 1.82) is 0 Å². The molecule has 1 aromatic rings. The van der Waals surface area contributed by atoms with E-state index in [1.807, 2.05) is 57.4 Å². The minimum atomic E-state index is -0.455.